The number of hydrogen-bond donors (Lipinski definition) is 2. The van der Waals surface area contributed by atoms with E-state index in [0.717, 1.165) is 31.2 Å². The summed E-state index contributed by atoms with van der Waals surface area (Å²) in [4.78, 5) is 25.2. The summed E-state index contributed by atoms with van der Waals surface area (Å²) in [5.41, 5.74) is 2.83. The maximum Gasteiger partial charge on any atom is 0.272 e. The van der Waals surface area contributed by atoms with Crippen LogP contribution in [0.25, 0.3) is 0 Å². The lowest BCUT2D eigenvalue weighted by Crippen LogP contribution is -2.32. The van der Waals surface area contributed by atoms with Crippen LogP contribution in [-0.2, 0) is 0 Å². The third kappa shape index (κ3) is 3.43. The molecule has 1 atom stereocenters. The van der Waals surface area contributed by atoms with E-state index < -0.39 is 0 Å². The third-order valence-corrected chi connectivity index (χ3v) is 5.03. The van der Waals surface area contributed by atoms with Gasteiger partial charge in [-0.15, -0.1) is 0 Å². The molecule has 0 saturated heterocycles. The van der Waals surface area contributed by atoms with Crippen molar-refractivity contribution < 1.29 is 9.59 Å². The van der Waals surface area contributed by atoms with Crippen LogP contribution in [0.4, 0.5) is 5.69 Å². The number of hydrogen-bond acceptors (Lipinski definition) is 2. The van der Waals surface area contributed by atoms with Crippen molar-refractivity contribution in [3.63, 3.8) is 0 Å². The SMILES string of the molecule is Cc1ccc(C(=O)NC2C=CCC2)cc1NC(=O)c1cccn1C1CC1. The summed E-state index contributed by atoms with van der Waals surface area (Å²) in [6, 6.07) is 9.71. The summed E-state index contributed by atoms with van der Waals surface area (Å²) in [7, 11) is 0. The van der Waals surface area contributed by atoms with Gasteiger partial charge in [-0.3, -0.25) is 9.59 Å². The van der Waals surface area contributed by atoms with Crippen molar-refractivity contribution in [2.45, 2.75) is 44.7 Å². The van der Waals surface area contributed by atoms with Gasteiger partial charge in [0.2, 0.25) is 0 Å². The predicted molar refractivity (Wildman–Crippen MR) is 101 cm³/mol. The van der Waals surface area contributed by atoms with Gasteiger partial charge >= 0.3 is 0 Å². The summed E-state index contributed by atoms with van der Waals surface area (Å²) < 4.78 is 2.04. The van der Waals surface area contributed by atoms with Crippen molar-refractivity contribution in [3.05, 3.63) is 65.5 Å². The first-order valence-corrected chi connectivity index (χ1v) is 9.18. The highest BCUT2D eigenvalue weighted by atomic mass is 16.2. The summed E-state index contributed by atoms with van der Waals surface area (Å²) in [6.07, 6.45) is 10.3. The van der Waals surface area contributed by atoms with E-state index in [2.05, 4.69) is 16.7 Å². The molecule has 5 heteroatoms. The van der Waals surface area contributed by atoms with Crippen LogP contribution >= 0.6 is 0 Å². The zero-order valence-electron chi connectivity index (χ0n) is 14.9. The third-order valence-electron chi connectivity index (χ3n) is 5.03. The molecule has 26 heavy (non-hydrogen) atoms. The Morgan fingerprint density at radius 2 is 1.96 bits per heavy atom. The van der Waals surface area contributed by atoms with Gasteiger partial charge in [-0.05, 0) is 62.4 Å². The molecule has 2 N–H and O–H groups in total. The molecule has 5 nitrogen and oxygen atoms in total. The average molecular weight is 349 g/mol. The van der Waals surface area contributed by atoms with Gasteiger partial charge in [-0.1, -0.05) is 18.2 Å². The van der Waals surface area contributed by atoms with Crippen LogP contribution in [0.3, 0.4) is 0 Å². The second-order valence-electron chi connectivity index (χ2n) is 7.10. The van der Waals surface area contributed by atoms with E-state index in [4.69, 9.17) is 0 Å². The molecule has 1 fully saturated rings. The Balaban J connectivity index is 1.50. The number of allylic oxidation sites excluding steroid dienone is 1. The smallest absolute Gasteiger partial charge is 0.272 e. The number of aromatic nitrogens is 1. The summed E-state index contributed by atoms with van der Waals surface area (Å²) >= 11 is 0. The molecule has 1 heterocycles. The largest absolute Gasteiger partial charge is 0.346 e. The first kappa shape index (κ1) is 16.6. The lowest BCUT2D eigenvalue weighted by Gasteiger charge is -2.14. The number of aryl methyl sites for hydroxylation is 1. The molecule has 2 aromatic rings. The van der Waals surface area contributed by atoms with Gasteiger partial charge in [-0.2, -0.15) is 0 Å². The van der Waals surface area contributed by atoms with Gasteiger partial charge in [0, 0.05) is 29.5 Å². The predicted octanol–water partition coefficient (Wildman–Crippen LogP) is 3.83. The quantitative estimate of drug-likeness (QED) is 0.806. The molecule has 1 unspecified atom stereocenters. The van der Waals surface area contributed by atoms with E-state index in [-0.39, 0.29) is 17.9 Å². The molecule has 4 rings (SSSR count). The number of rotatable bonds is 5. The molecule has 0 radical (unpaired) electrons. The van der Waals surface area contributed by atoms with E-state index in [1.807, 2.05) is 42.0 Å². The lowest BCUT2D eigenvalue weighted by molar-refractivity contribution is 0.0942. The molecule has 134 valence electrons. The van der Waals surface area contributed by atoms with E-state index in [0.29, 0.717) is 23.0 Å². The molecule has 2 amide bonds. The number of anilines is 1. The minimum Gasteiger partial charge on any atom is -0.346 e. The fourth-order valence-electron chi connectivity index (χ4n) is 3.35. The first-order valence-electron chi connectivity index (χ1n) is 9.18. The zero-order chi connectivity index (χ0) is 18.1. The summed E-state index contributed by atoms with van der Waals surface area (Å²) in [6.45, 7) is 1.93. The van der Waals surface area contributed by atoms with Gasteiger partial charge < -0.3 is 15.2 Å². The molecular formula is C21H23N3O2. The van der Waals surface area contributed by atoms with Gasteiger partial charge in [0.05, 0.1) is 0 Å². The molecule has 2 aliphatic carbocycles. The highest BCUT2D eigenvalue weighted by molar-refractivity contribution is 6.04. The maximum atomic E-state index is 12.7. The van der Waals surface area contributed by atoms with Gasteiger partial charge in [-0.25, -0.2) is 0 Å². The summed E-state index contributed by atoms with van der Waals surface area (Å²) in [5, 5.41) is 5.98. The van der Waals surface area contributed by atoms with Gasteiger partial charge in [0.1, 0.15) is 5.69 Å². The Morgan fingerprint density at radius 3 is 2.69 bits per heavy atom. The fraction of sp³-hybridized carbons (Fsp3) is 0.333. The Hall–Kier alpha value is -2.82. The molecule has 2 aliphatic rings. The molecule has 1 saturated carbocycles. The minimum absolute atomic E-state index is 0.101. The molecular weight excluding hydrogens is 326 g/mol. The highest BCUT2D eigenvalue weighted by Crippen LogP contribution is 2.36. The van der Waals surface area contributed by atoms with Crippen molar-refractivity contribution in [2.24, 2.45) is 0 Å². The van der Waals surface area contributed by atoms with Crippen LogP contribution < -0.4 is 10.6 Å². The van der Waals surface area contributed by atoms with Crippen LogP contribution in [0, 0.1) is 6.92 Å². The summed E-state index contributed by atoms with van der Waals surface area (Å²) in [5.74, 6) is -0.250. The fourth-order valence-corrected chi connectivity index (χ4v) is 3.35. The second kappa shape index (κ2) is 6.83. The van der Waals surface area contributed by atoms with Crippen molar-refractivity contribution in [1.82, 2.24) is 9.88 Å². The highest BCUT2D eigenvalue weighted by Gasteiger charge is 2.27. The van der Waals surface area contributed by atoms with E-state index >= 15 is 0 Å². The van der Waals surface area contributed by atoms with Crippen LogP contribution in [-0.4, -0.2) is 22.4 Å². The normalized spacial score (nSPS) is 18.7. The molecule has 0 bridgehead atoms. The monoisotopic (exact) mass is 349 g/mol. The van der Waals surface area contributed by atoms with Crippen LogP contribution in [0.1, 0.15) is 58.1 Å². The standard InChI is InChI=1S/C21H23N3O2/c1-14-8-9-15(20(25)22-16-5-2-3-6-16)13-18(14)23-21(26)19-7-4-12-24(19)17-10-11-17/h2,4-5,7-9,12-13,16-17H,3,6,10-11H2,1H3,(H,22,25)(H,23,26). The molecule has 0 aliphatic heterocycles. The number of benzene rings is 1. The average Bonchev–Trinajstić information content (AvgIpc) is 3.13. The van der Waals surface area contributed by atoms with E-state index in [9.17, 15) is 9.59 Å². The van der Waals surface area contributed by atoms with Gasteiger partial charge in [0.15, 0.2) is 0 Å². The van der Waals surface area contributed by atoms with Crippen molar-refractivity contribution in [1.29, 1.82) is 0 Å². The van der Waals surface area contributed by atoms with Crippen molar-refractivity contribution in [2.75, 3.05) is 5.32 Å². The molecule has 1 aromatic heterocycles. The van der Waals surface area contributed by atoms with Crippen LogP contribution in [0.15, 0.2) is 48.7 Å². The lowest BCUT2D eigenvalue weighted by atomic mass is 10.1. The van der Waals surface area contributed by atoms with E-state index in [1.54, 1.807) is 12.1 Å². The number of carbonyl (C=O) groups is 2. The Morgan fingerprint density at radius 1 is 1.12 bits per heavy atom. The maximum absolute atomic E-state index is 12.7. The first-order chi connectivity index (χ1) is 12.6. The Labute approximate surface area is 153 Å². The van der Waals surface area contributed by atoms with Crippen LogP contribution in [0.5, 0.6) is 0 Å². The minimum atomic E-state index is -0.138. The van der Waals surface area contributed by atoms with E-state index in [1.165, 1.54) is 0 Å². The number of carbonyl (C=O) groups excluding carboxylic acids is 2. The number of amides is 2. The van der Waals surface area contributed by atoms with Gasteiger partial charge in [0.25, 0.3) is 11.8 Å². The van der Waals surface area contributed by atoms with Crippen LogP contribution in [0.2, 0.25) is 0 Å². The van der Waals surface area contributed by atoms with Crippen molar-refractivity contribution in [3.8, 4) is 0 Å². The topological polar surface area (TPSA) is 63.1 Å². The Bertz CT molecular complexity index is 877. The number of nitrogens with one attached hydrogen (secondary N) is 2. The van der Waals surface area contributed by atoms with Crippen molar-refractivity contribution >= 4 is 17.5 Å². The Kier molecular flexibility index (Phi) is 4.37. The zero-order valence-corrected chi connectivity index (χ0v) is 14.9. The number of nitrogens with zero attached hydrogens (tertiary/aromatic N) is 1. The molecule has 1 aromatic carbocycles. The molecule has 0 spiro atoms. The second-order valence-corrected chi connectivity index (χ2v) is 7.10.